The second-order valence-electron chi connectivity index (χ2n) is 4.79. The molecule has 1 aliphatic carbocycles. The van der Waals surface area contributed by atoms with Gasteiger partial charge < -0.3 is 9.88 Å². The second kappa shape index (κ2) is 5.54. The Morgan fingerprint density at radius 1 is 1.53 bits per heavy atom. The Bertz CT molecular complexity index is 576. The number of aromatic nitrogens is 1. The highest BCUT2D eigenvalue weighted by Gasteiger charge is 2.24. The maximum Gasteiger partial charge on any atom is 0.268 e. The van der Waals surface area contributed by atoms with E-state index >= 15 is 0 Å². The molecule has 7 heteroatoms. The van der Waals surface area contributed by atoms with Gasteiger partial charge in [-0.15, -0.1) is 0 Å². The molecule has 0 atom stereocenters. The van der Waals surface area contributed by atoms with Crippen molar-refractivity contribution in [3.63, 3.8) is 0 Å². The lowest BCUT2D eigenvalue weighted by atomic mass is 9.93. The van der Waals surface area contributed by atoms with Crippen LogP contribution in [0.1, 0.15) is 43.1 Å². The van der Waals surface area contributed by atoms with Crippen molar-refractivity contribution in [1.82, 2.24) is 9.88 Å². The van der Waals surface area contributed by atoms with Gasteiger partial charge in [-0.1, -0.05) is 6.92 Å². The minimum atomic E-state index is -3.80. The summed E-state index contributed by atoms with van der Waals surface area (Å²) in [4.78, 5) is 12.1. The number of rotatable bonds is 5. The first-order valence-electron chi connectivity index (χ1n) is 6.37. The normalized spacial score (nSPS) is 16.1. The zero-order valence-electron chi connectivity index (χ0n) is 10.7. The largest absolute Gasteiger partial charge is 0.348 e. The molecule has 1 aliphatic rings. The maximum absolute atomic E-state index is 12.1. The number of aryl methyl sites for hydroxylation is 1. The van der Waals surface area contributed by atoms with Crippen LogP contribution in [0.15, 0.2) is 17.2 Å². The smallest absolute Gasteiger partial charge is 0.268 e. The minimum Gasteiger partial charge on any atom is -0.348 e. The van der Waals surface area contributed by atoms with Gasteiger partial charge in [0.15, 0.2) is 0 Å². The average Bonchev–Trinajstić information content (AvgIpc) is 2.67. The topological polar surface area (TPSA) is 68.2 Å². The minimum absolute atomic E-state index is 0.0265. The van der Waals surface area contributed by atoms with Gasteiger partial charge in [0, 0.05) is 29.5 Å². The standard InChI is InChI=1S/C12H17ClN2O3S/c1-2-6-15-8-10(19(13,17)18)7-11(15)12(16)14-9-4-3-5-9/h7-9H,2-6H2,1H3,(H,14,16). The van der Waals surface area contributed by atoms with E-state index in [9.17, 15) is 13.2 Å². The molecule has 106 valence electrons. The van der Waals surface area contributed by atoms with Crippen LogP contribution in [0.2, 0.25) is 0 Å². The Morgan fingerprint density at radius 3 is 2.68 bits per heavy atom. The Kier molecular flexibility index (Phi) is 4.20. The van der Waals surface area contributed by atoms with E-state index < -0.39 is 9.05 Å². The predicted octanol–water partition coefficient (Wildman–Crippen LogP) is 2.11. The molecule has 5 nitrogen and oxygen atoms in total. The summed E-state index contributed by atoms with van der Waals surface area (Å²) in [7, 11) is 1.52. The number of hydrogen-bond donors (Lipinski definition) is 1. The third-order valence-electron chi connectivity index (χ3n) is 3.29. The van der Waals surface area contributed by atoms with E-state index in [-0.39, 0.29) is 16.8 Å². The lowest BCUT2D eigenvalue weighted by molar-refractivity contribution is 0.0907. The first kappa shape index (κ1) is 14.4. The number of halogens is 1. The summed E-state index contributed by atoms with van der Waals surface area (Å²) in [5.41, 5.74) is 0.355. The summed E-state index contributed by atoms with van der Waals surface area (Å²) in [6, 6.07) is 1.56. The van der Waals surface area contributed by atoms with E-state index in [0.29, 0.717) is 12.2 Å². The van der Waals surface area contributed by atoms with E-state index in [2.05, 4.69) is 5.32 Å². The Balaban J connectivity index is 2.25. The fourth-order valence-corrected chi connectivity index (χ4v) is 2.80. The monoisotopic (exact) mass is 304 g/mol. The zero-order chi connectivity index (χ0) is 14.0. The van der Waals surface area contributed by atoms with Gasteiger partial charge in [0.1, 0.15) is 10.6 Å². The van der Waals surface area contributed by atoms with E-state index in [4.69, 9.17) is 10.7 Å². The average molecular weight is 305 g/mol. The maximum atomic E-state index is 12.1. The molecule has 0 saturated heterocycles. The van der Waals surface area contributed by atoms with Crippen LogP contribution in [0.4, 0.5) is 0 Å². The van der Waals surface area contributed by atoms with Crippen molar-refractivity contribution in [3.8, 4) is 0 Å². The number of nitrogens with zero attached hydrogens (tertiary/aromatic N) is 1. The van der Waals surface area contributed by atoms with Gasteiger partial charge in [-0.25, -0.2) is 8.42 Å². The lowest BCUT2D eigenvalue weighted by Gasteiger charge is -2.26. The molecule has 1 heterocycles. The highest BCUT2D eigenvalue weighted by atomic mass is 35.7. The van der Waals surface area contributed by atoms with Gasteiger partial charge in [-0.3, -0.25) is 4.79 Å². The molecular formula is C12H17ClN2O3S. The molecule has 1 N–H and O–H groups in total. The third kappa shape index (κ3) is 3.30. The predicted molar refractivity (Wildman–Crippen MR) is 72.9 cm³/mol. The zero-order valence-corrected chi connectivity index (χ0v) is 12.3. The molecule has 0 aliphatic heterocycles. The van der Waals surface area contributed by atoms with Crippen molar-refractivity contribution >= 4 is 25.6 Å². The van der Waals surface area contributed by atoms with Crippen molar-refractivity contribution in [2.24, 2.45) is 0 Å². The van der Waals surface area contributed by atoms with Crippen molar-refractivity contribution in [2.45, 2.75) is 50.1 Å². The Labute approximate surface area is 117 Å². The molecule has 1 saturated carbocycles. The van der Waals surface area contributed by atoms with Crippen LogP contribution in [0, 0.1) is 0 Å². The van der Waals surface area contributed by atoms with Gasteiger partial charge in [-0.2, -0.15) is 0 Å². The third-order valence-corrected chi connectivity index (χ3v) is 4.61. The molecule has 0 unspecified atom stereocenters. The van der Waals surface area contributed by atoms with Crippen molar-refractivity contribution in [1.29, 1.82) is 0 Å². The molecule has 1 aromatic rings. The van der Waals surface area contributed by atoms with E-state index in [1.807, 2.05) is 6.92 Å². The van der Waals surface area contributed by atoms with Gasteiger partial charge in [0.25, 0.3) is 15.0 Å². The fraction of sp³-hybridized carbons (Fsp3) is 0.583. The number of nitrogens with one attached hydrogen (secondary N) is 1. The molecule has 0 radical (unpaired) electrons. The van der Waals surface area contributed by atoms with Crippen LogP contribution in [-0.4, -0.2) is 24.9 Å². The second-order valence-corrected chi connectivity index (χ2v) is 7.36. The number of amides is 1. The van der Waals surface area contributed by atoms with Gasteiger partial charge in [0.2, 0.25) is 0 Å². The van der Waals surface area contributed by atoms with Crippen molar-refractivity contribution < 1.29 is 13.2 Å². The summed E-state index contributed by atoms with van der Waals surface area (Å²) < 4.78 is 24.3. The van der Waals surface area contributed by atoms with Crippen molar-refractivity contribution in [2.75, 3.05) is 0 Å². The first-order valence-corrected chi connectivity index (χ1v) is 8.68. The van der Waals surface area contributed by atoms with Crippen LogP contribution in [0.5, 0.6) is 0 Å². The molecule has 19 heavy (non-hydrogen) atoms. The summed E-state index contributed by atoms with van der Waals surface area (Å²) in [5.74, 6) is -0.232. The summed E-state index contributed by atoms with van der Waals surface area (Å²) in [5, 5.41) is 2.90. The van der Waals surface area contributed by atoms with E-state index in [1.54, 1.807) is 4.57 Å². The Hall–Kier alpha value is -1.01. The van der Waals surface area contributed by atoms with Crippen LogP contribution in [0.25, 0.3) is 0 Å². The van der Waals surface area contributed by atoms with E-state index in [1.165, 1.54) is 12.3 Å². The number of carbonyl (C=O) groups is 1. The molecule has 0 spiro atoms. The van der Waals surface area contributed by atoms with Crippen LogP contribution < -0.4 is 5.32 Å². The lowest BCUT2D eigenvalue weighted by Crippen LogP contribution is -2.40. The molecule has 1 amide bonds. The number of carbonyl (C=O) groups excluding carboxylic acids is 1. The highest BCUT2D eigenvalue weighted by molar-refractivity contribution is 8.13. The molecule has 2 rings (SSSR count). The van der Waals surface area contributed by atoms with E-state index in [0.717, 1.165) is 25.7 Å². The quantitative estimate of drug-likeness (QED) is 0.847. The Morgan fingerprint density at radius 2 is 2.21 bits per heavy atom. The molecule has 0 bridgehead atoms. The fourth-order valence-electron chi connectivity index (χ4n) is 2.05. The van der Waals surface area contributed by atoms with Gasteiger partial charge >= 0.3 is 0 Å². The summed E-state index contributed by atoms with van der Waals surface area (Å²) in [6.07, 6.45) is 5.33. The highest BCUT2D eigenvalue weighted by Crippen LogP contribution is 2.21. The first-order chi connectivity index (χ1) is 8.91. The van der Waals surface area contributed by atoms with Crippen molar-refractivity contribution in [3.05, 3.63) is 18.0 Å². The molecular weight excluding hydrogens is 288 g/mol. The van der Waals surface area contributed by atoms with Crippen LogP contribution in [-0.2, 0) is 15.6 Å². The van der Waals surface area contributed by atoms with Gasteiger partial charge in [-0.05, 0) is 31.7 Å². The molecule has 0 aromatic carbocycles. The number of hydrogen-bond acceptors (Lipinski definition) is 3. The molecule has 1 fully saturated rings. The summed E-state index contributed by atoms with van der Waals surface area (Å²) >= 11 is 0. The SMILES string of the molecule is CCCn1cc(S(=O)(=O)Cl)cc1C(=O)NC1CCC1. The molecule has 1 aromatic heterocycles. The van der Waals surface area contributed by atoms with Crippen LogP contribution >= 0.6 is 10.7 Å². The van der Waals surface area contributed by atoms with Crippen LogP contribution in [0.3, 0.4) is 0 Å². The van der Waals surface area contributed by atoms with Gasteiger partial charge in [0.05, 0.1) is 0 Å². The summed E-state index contributed by atoms with van der Waals surface area (Å²) in [6.45, 7) is 2.54.